The van der Waals surface area contributed by atoms with Crippen LogP contribution >= 0.6 is 0 Å². The van der Waals surface area contributed by atoms with Crippen LogP contribution in [0.3, 0.4) is 0 Å². The molecule has 1 aromatic rings. The van der Waals surface area contributed by atoms with Crippen molar-refractivity contribution in [1.82, 2.24) is 10.2 Å². The largest absolute Gasteiger partial charge is 0.384 e. The summed E-state index contributed by atoms with van der Waals surface area (Å²) in [6, 6.07) is 5.54. The van der Waals surface area contributed by atoms with Crippen molar-refractivity contribution in [3.63, 3.8) is 0 Å². The van der Waals surface area contributed by atoms with Gasteiger partial charge in [0.05, 0.1) is 5.56 Å². The summed E-state index contributed by atoms with van der Waals surface area (Å²) in [5, 5.41) is 11.7. The van der Waals surface area contributed by atoms with E-state index in [4.69, 9.17) is 5.11 Å². The van der Waals surface area contributed by atoms with Gasteiger partial charge in [-0.05, 0) is 37.7 Å². The van der Waals surface area contributed by atoms with E-state index in [-0.39, 0.29) is 12.5 Å². The molecule has 21 heavy (non-hydrogen) atoms. The average molecular weight is 288 g/mol. The molecule has 0 aliphatic carbocycles. The number of benzene rings is 1. The van der Waals surface area contributed by atoms with Crippen molar-refractivity contribution in [3.8, 4) is 11.8 Å². The molecule has 4 nitrogen and oxygen atoms in total. The molecule has 0 fully saturated rings. The van der Waals surface area contributed by atoms with Gasteiger partial charge in [0.15, 0.2) is 0 Å². The quantitative estimate of drug-likeness (QED) is 0.778. The molecule has 1 rings (SSSR count). The highest BCUT2D eigenvalue weighted by Gasteiger charge is 2.10. The topological polar surface area (TPSA) is 52.6 Å². The summed E-state index contributed by atoms with van der Waals surface area (Å²) < 4.78 is 0. The van der Waals surface area contributed by atoms with Crippen LogP contribution in [0.5, 0.6) is 0 Å². The molecule has 0 heterocycles. The summed E-state index contributed by atoms with van der Waals surface area (Å²) in [6.45, 7) is 9.35. The Labute approximate surface area is 127 Å². The number of nitrogens with one attached hydrogen (secondary N) is 1. The first-order chi connectivity index (χ1) is 10.1. The van der Waals surface area contributed by atoms with E-state index in [0.29, 0.717) is 17.7 Å². The lowest BCUT2D eigenvalue weighted by atomic mass is 10.0. The van der Waals surface area contributed by atoms with Gasteiger partial charge >= 0.3 is 0 Å². The van der Waals surface area contributed by atoms with Gasteiger partial charge in [0.1, 0.15) is 6.61 Å². The second-order valence-electron chi connectivity index (χ2n) is 4.79. The van der Waals surface area contributed by atoms with Crippen LogP contribution < -0.4 is 5.32 Å². The molecular weight excluding hydrogens is 264 g/mol. The van der Waals surface area contributed by atoms with E-state index >= 15 is 0 Å². The number of amides is 1. The van der Waals surface area contributed by atoms with Crippen LogP contribution in [0, 0.1) is 18.8 Å². The maximum Gasteiger partial charge on any atom is 0.252 e. The standard InChI is InChI=1S/C17H24N2O2/c1-4-19(5-2)11-10-18-17(21)16-9-8-14(3)13-15(16)7-6-12-20/h8-9,13,20H,4-5,10-12H2,1-3H3,(H,18,21). The van der Waals surface area contributed by atoms with Gasteiger partial charge in [-0.25, -0.2) is 0 Å². The maximum absolute atomic E-state index is 12.2. The molecule has 0 bridgehead atoms. The van der Waals surface area contributed by atoms with E-state index in [9.17, 15) is 4.79 Å². The number of likely N-dealkylation sites (N-methyl/N-ethyl adjacent to an activating group) is 1. The number of rotatable bonds is 6. The summed E-state index contributed by atoms with van der Waals surface area (Å²) in [5.41, 5.74) is 2.25. The van der Waals surface area contributed by atoms with Crippen molar-refractivity contribution in [2.75, 3.05) is 32.8 Å². The first-order valence-corrected chi connectivity index (χ1v) is 7.33. The van der Waals surface area contributed by atoms with Gasteiger partial charge < -0.3 is 15.3 Å². The highest BCUT2D eigenvalue weighted by Crippen LogP contribution is 2.10. The lowest BCUT2D eigenvalue weighted by molar-refractivity contribution is 0.0948. The fourth-order valence-electron chi connectivity index (χ4n) is 2.06. The van der Waals surface area contributed by atoms with Crippen molar-refractivity contribution in [3.05, 3.63) is 34.9 Å². The Bertz CT molecular complexity index is 525. The highest BCUT2D eigenvalue weighted by molar-refractivity contribution is 5.96. The lowest BCUT2D eigenvalue weighted by Gasteiger charge is -2.18. The normalized spacial score (nSPS) is 10.1. The van der Waals surface area contributed by atoms with Crippen molar-refractivity contribution in [2.45, 2.75) is 20.8 Å². The Morgan fingerprint density at radius 3 is 2.67 bits per heavy atom. The number of nitrogens with zero attached hydrogens (tertiary/aromatic N) is 1. The summed E-state index contributed by atoms with van der Waals surface area (Å²) >= 11 is 0. The molecule has 0 aromatic heterocycles. The van der Waals surface area contributed by atoms with Gasteiger partial charge in [-0.1, -0.05) is 31.8 Å². The van der Waals surface area contributed by atoms with E-state index in [1.807, 2.05) is 19.1 Å². The molecule has 0 atom stereocenters. The molecule has 0 saturated heterocycles. The molecule has 114 valence electrons. The van der Waals surface area contributed by atoms with Crippen molar-refractivity contribution in [1.29, 1.82) is 0 Å². The monoisotopic (exact) mass is 288 g/mol. The van der Waals surface area contributed by atoms with E-state index in [1.165, 1.54) is 0 Å². The van der Waals surface area contributed by atoms with Gasteiger partial charge in [0.2, 0.25) is 0 Å². The zero-order chi connectivity index (χ0) is 15.7. The average Bonchev–Trinajstić information content (AvgIpc) is 2.49. The molecule has 0 radical (unpaired) electrons. The van der Waals surface area contributed by atoms with Gasteiger partial charge in [-0.2, -0.15) is 0 Å². The van der Waals surface area contributed by atoms with Crippen LogP contribution in [0.25, 0.3) is 0 Å². The predicted molar refractivity (Wildman–Crippen MR) is 85.3 cm³/mol. The first kappa shape index (κ1) is 17.2. The zero-order valence-electron chi connectivity index (χ0n) is 13.1. The summed E-state index contributed by atoms with van der Waals surface area (Å²) in [7, 11) is 0. The molecule has 1 aromatic carbocycles. The molecule has 1 amide bonds. The number of carbonyl (C=O) groups excluding carboxylic acids is 1. The van der Waals surface area contributed by atoms with Crippen LogP contribution in [0.1, 0.15) is 35.3 Å². The molecule has 0 saturated carbocycles. The number of aliphatic hydroxyl groups is 1. The third kappa shape index (κ3) is 5.58. The molecule has 4 heteroatoms. The van der Waals surface area contributed by atoms with Crippen LogP contribution in [0.4, 0.5) is 0 Å². The van der Waals surface area contributed by atoms with Crippen molar-refractivity contribution in [2.24, 2.45) is 0 Å². The SMILES string of the molecule is CCN(CC)CCNC(=O)c1ccc(C)cc1C#CCO. The molecule has 0 spiro atoms. The highest BCUT2D eigenvalue weighted by atomic mass is 16.2. The fraction of sp³-hybridized carbons (Fsp3) is 0.471. The summed E-state index contributed by atoms with van der Waals surface area (Å²) in [4.78, 5) is 14.5. The summed E-state index contributed by atoms with van der Waals surface area (Å²) in [6.07, 6.45) is 0. The minimum absolute atomic E-state index is 0.121. The predicted octanol–water partition coefficient (Wildman–Crippen LogP) is 1.41. The van der Waals surface area contributed by atoms with Crippen molar-refractivity contribution < 1.29 is 9.90 Å². The smallest absolute Gasteiger partial charge is 0.252 e. The third-order valence-corrected chi connectivity index (χ3v) is 3.33. The van der Waals surface area contributed by atoms with Crippen LogP contribution in [0.2, 0.25) is 0 Å². The Morgan fingerprint density at radius 1 is 1.33 bits per heavy atom. The van der Waals surface area contributed by atoms with E-state index in [1.54, 1.807) is 6.07 Å². The van der Waals surface area contributed by atoms with Gasteiger partial charge in [-0.15, -0.1) is 0 Å². The van der Waals surface area contributed by atoms with E-state index in [0.717, 1.165) is 25.2 Å². The molecule has 0 unspecified atom stereocenters. The minimum Gasteiger partial charge on any atom is -0.384 e. The Hall–Kier alpha value is -1.83. The lowest BCUT2D eigenvalue weighted by Crippen LogP contribution is -2.35. The number of hydrogen-bond acceptors (Lipinski definition) is 3. The summed E-state index contributed by atoms with van der Waals surface area (Å²) in [5.74, 6) is 5.31. The molecule has 2 N–H and O–H groups in total. The minimum atomic E-state index is -0.211. The van der Waals surface area contributed by atoms with Crippen LogP contribution in [-0.2, 0) is 0 Å². The first-order valence-electron chi connectivity index (χ1n) is 7.33. The number of carbonyl (C=O) groups is 1. The van der Waals surface area contributed by atoms with Gasteiger partial charge in [-0.3, -0.25) is 4.79 Å². The second-order valence-corrected chi connectivity index (χ2v) is 4.79. The van der Waals surface area contributed by atoms with E-state index < -0.39 is 0 Å². The Balaban J connectivity index is 2.73. The number of aryl methyl sites for hydroxylation is 1. The Kier molecular flexibility index (Phi) is 7.52. The van der Waals surface area contributed by atoms with Crippen LogP contribution in [0.15, 0.2) is 18.2 Å². The fourth-order valence-corrected chi connectivity index (χ4v) is 2.06. The number of aliphatic hydroxyl groups excluding tert-OH is 1. The van der Waals surface area contributed by atoms with Gasteiger partial charge in [0.25, 0.3) is 5.91 Å². The Morgan fingerprint density at radius 2 is 2.05 bits per heavy atom. The number of hydrogen-bond donors (Lipinski definition) is 2. The van der Waals surface area contributed by atoms with Crippen LogP contribution in [-0.4, -0.2) is 48.7 Å². The second kappa shape index (κ2) is 9.17. The van der Waals surface area contributed by atoms with Gasteiger partial charge in [0, 0.05) is 18.7 Å². The zero-order valence-corrected chi connectivity index (χ0v) is 13.1. The van der Waals surface area contributed by atoms with Crippen molar-refractivity contribution >= 4 is 5.91 Å². The molecular formula is C17H24N2O2. The maximum atomic E-state index is 12.2. The molecule has 0 aliphatic heterocycles. The van der Waals surface area contributed by atoms with E-state index in [2.05, 4.69) is 35.9 Å². The molecule has 0 aliphatic rings. The third-order valence-electron chi connectivity index (χ3n) is 3.33.